The van der Waals surface area contributed by atoms with Crippen molar-refractivity contribution >= 4 is 5.97 Å². The van der Waals surface area contributed by atoms with Crippen LogP contribution in [-0.4, -0.2) is 12.1 Å². The Balaban J connectivity index is 3.81. The van der Waals surface area contributed by atoms with Crippen molar-refractivity contribution in [2.75, 3.05) is 0 Å². The Kier molecular flexibility index (Phi) is 2.89. The summed E-state index contributed by atoms with van der Waals surface area (Å²) in [5.74, 6) is -0.896. The topological polar surface area (TPSA) is 56.7 Å². The number of nitrogens with two attached hydrogens (primary N) is 1. The lowest BCUT2D eigenvalue weighted by Gasteiger charge is -1.91. The van der Waals surface area contributed by atoms with Gasteiger partial charge in [0.05, 0.1) is 0 Å². The Bertz CT molecular complexity index is 186. The van der Waals surface area contributed by atoms with E-state index in [4.69, 9.17) is 12.3 Å². The first-order valence-electron chi connectivity index (χ1n) is 2.00. The molecule has 0 amide bonds. The number of hydrogen-bond acceptors (Lipinski definition) is 3. The molecular weight excluding hydrogens is 120 g/mol. The highest BCUT2D eigenvalue weighted by Crippen LogP contribution is 1.83. The Morgan fingerprint density at radius 2 is 2.56 bits per heavy atom. The zero-order valence-corrected chi connectivity index (χ0v) is 4.50. The Morgan fingerprint density at radius 3 is 2.89 bits per heavy atom. The van der Waals surface area contributed by atoms with Gasteiger partial charge in [0, 0.05) is 0 Å². The van der Waals surface area contributed by atoms with E-state index in [0.29, 0.717) is 0 Å². The van der Waals surface area contributed by atoms with Gasteiger partial charge < -0.3 is 4.74 Å². The quantitative estimate of drug-likeness (QED) is 0.286. The molecule has 0 radical (unpaired) electrons. The van der Waals surface area contributed by atoms with E-state index in [2.05, 4.69) is 16.0 Å². The summed E-state index contributed by atoms with van der Waals surface area (Å²) >= 11 is 0. The first-order valence-corrected chi connectivity index (χ1v) is 2.00. The molecule has 2 N–H and O–H groups in total. The molecule has 0 aliphatic heterocycles. The molecule has 1 unspecified atom stereocenters. The van der Waals surface area contributed by atoms with Crippen molar-refractivity contribution in [3.63, 3.8) is 0 Å². The Hall–Kier alpha value is -1.52. The molecule has 46 valence electrons. The van der Waals surface area contributed by atoms with Gasteiger partial charge in [0.1, 0.15) is 6.11 Å². The summed E-state index contributed by atoms with van der Waals surface area (Å²) in [6.07, 6.45) is 4.89. The van der Waals surface area contributed by atoms with Crippen LogP contribution >= 0.6 is 0 Å². The molecular formula is C5H4N2O2. The monoisotopic (exact) mass is 124 g/mol. The second-order valence-corrected chi connectivity index (χ2v) is 1.11. The first kappa shape index (κ1) is 7.48. The van der Waals surface area contributed by atoms with Gasteiger partial charge in [0.15, 0.2) is 0 Å². The number of esters is 1. The summed E-state index contributed by atoms with van der Waals surface area (Å²) in [6.45, 7) is 6.25. The third kappa shape index (κ3) is 2.32. The van der Waals surface area contributed by atoms with Crippen LogP contribution in [0, 0.1) is 19.1 Å². The smallest absolute Gasteiger partial charge is 0.366 e. The zero-order valence-electron chi connectivity index (χ0n) is 4.50. The van der Waals surface area contributed by atoms with Gasteiger partial charge in [-0.2, -0.15) is 0 Å². The summed E-state index contributed by atoms with van der Waals surface area (Å²) in [4.78, 5) is 12.9. The second-order valence-electron chi connectivity index (χ2n) is 1.11. The molecule has 0 aliphatic rings. The van der Waals surface area contributed by atoms with Crippen LogP contribution in [0.5, 0.6) is 0 Å². The molecule has 0 aliphatic carbocycles. The first-order chi connectivity index (χ1) is 4.22. The van der Waals surface area contributed by atoms with Crippen molar-refractivity contribution in [3.8, 4) is 12.5 Å². The summed E-state index contributed by atoms with van der Waals surface area (Å²) < 4.78 is 3.94. The van der Waals surface area contributed by atoms with Gasteiger partial charge in [-0.05, 0) is 0 Å². The van der Waals surface area contributed by atoms with Gasteiger partial charge in [-0.15, -0.1) is 0 Å². The largest absolute Gasteiger partial charge is 0.420 e. The average Bonchev–Trinajstić information content (AvgIpc) is 1.87. The molecule has 0 aromatic carbocycles. The van der Waals surface area contributed by atoms with E-state index in [1.54, 1.807) is 6.11 Å². The molecule has 0 spiro atoms. The minimum atomic E-state index is -1.29. The lowest BCUT2D eigenvalue weighted by atomic mass is 10.5. The van der Waals surface area contributed by atoms with Crippen molar-refractivity contribution in [3.05, 3.63) is 11.4 Å². The Morgan fingerprint density at radius 1 is 2.00 bits per heavy atom. The van der Waals surface area contributed by atoms with E-state index in [1.165, 1.54) is 0 Å². The molecule has 9 heavy (non-hydrogen) atoms. The summed E-state index contributed by atoms with van der Waals surface area (Å²) in [5, 5.41) is 0. The van der Waals surface area contributed by atoms with Crippen LogP contribution in [0.4, 0.5) is 0 Å². The summed E-state index contributed by atoms with van der Waals surface area (Å²) in [7, 11) is 0. The fourth-order valence-corrected chi connectivity index (χ4v) is 0.171. The van der Waals surface area contributed by atoms with Crippen molar-refractivity contribution in [2.24, 2.45) is 5.73 Å². The zero-order chi connectivity index (χ0) is 7.28. The van der Waals surface area contributed by atoms with Gasteiger partial charge >= 0.3 is 12.1 Å². The molecule has 0 rings (SSSR count). The molecule has 0 bridgehead atoms. The third-order valence-electron chi connectivity index (χ3n) is 0.540. The maximum atomic E-state index is 10.3. The number of terminal acetylenes is 1. The van der Waals surface area contributed by atoms with Crippen molar-refractivity contribution in [2.45, 2.75) is 6.17 Å². The van der Waals surface area contributed by atoms with Crippen LogP contribution in [0.25, 0.3) is 4.85 Å². The SMILES string of the molecule is [C-]#[N+]C(N)C(=O)OC#C. The molecule has 0 aromatic rings. The summed E-state index contributed by atoms with van der Waals surface area (Å²) in [5.41, 5.74) is 4.88. The number of nitrogens with zero attached hydrogens (tertiary/aromatic N) is 1. The number of rotatable bonds is 1. The van der Waals surface area contributed by atoms with Gasteiger partial charge in [-0.25, -0.2) is 11.4 Å². The molecule has 0 aromatic heterocycles. The van der Waals surface area contributed by atoms with Crippen molar-refractivity contribution in [1.29, 1.82) is 0 Å². The van der Waals surface area contributed by atoms with E-state index in [0.717, 1.165) is 0 Å². The van der Waals surface area contributed by atoms with E-state index in [-0.39, 0.29) is 0 Å². The van der Waals surface area contributed by atoms with E-state index in [1.807, 2.05) is 0 Å². The molecule has 4 heteroatoms. The van der Waals surface area contributed by atoms with Crippen LogP contribution in [0.15, 0.2) is 0 Å². The predicted molar refractivity (Wildman–Crippen MR) is 29.5 cm³/mol. The van der Waals surface area contributed by atoms with Crippen LogP contribution in [-0.2, 0) is 9.53 Å². The van der Waals surface area contributed by atoms with E-state index in [9.17, 15) is 4.79 Å². The number of carbonyl (C=O) groups excluding carboxylic acids is 1. The molecule has 0 saturated carbocycles. The standard InChI is InChI=1S/C5H4N2O2/c1-3-9-5(8)4(6)7-2/h1,4H,6H2. The molecule has 0 fully saturated rings. The van der Waals surface area contributed by atoms with Crippen LogP contribution in [0.2, 0.25) is 0 Å². The van der Waals surface area contributed by atoms with Crippen molar-refractivity contribution in [1.82, 2.24) is 0 Å². The van der Waals surface area contributed by atoms with E-state index >= 15 is 0 Å². The van der Waals surface area contributed by atoms with Gasteiger partial charge in [0.25, 0.3) is 0 Å². The van der Waals surface area contributed by atoms with Crippen molar-refractivity contribution < 1.29 is 9.53 Å². The number of carbonyl (C=O) groups is 1. The van der Waals surface area contributed by atoms with Gasteiger partial charge in [-0.3, -0.25) is 10.6 Å². The van der Waals surface area contributed by atoms with Crippen LogP contribution in [0.1, 0.15) is 0 Å². The highest BCUT2D eigenvalue weighted by molar-refractivity contribution is 5.77. The highest BCUT2D eigenvalue weighted by atomic mass is 16.5. The third-order valence-corrected chi connectivity index (χ3v) is 0.540. The average molecular weight is 124 g/mol. The lowest BCUT2D eigenvalue weighted by Crippen LogP contribution is -2.27. The maximum Gasteiger partial charge on any atom is 0.420 e. The van der Waals surface area contributed by atoms with Crippen LogP contribution < -0.4 is 5.73 Å². The second kappa shape index (κ2) is 3.48. The fourth-order valence-electron chi connectivity index (χ4n) is 0.171. The van der Waals surface area contributed by atoms with Crippen LogP contribution in [0.3, 0.4) is 0 Å². The predicted octanol–water partition coefficient (Wildman–Crippen LogP) is -0.676. The summed E-state index contributed by atoms with van der Waals surface area (Å²) in [6, 6.07) is 0. The highest BCUT2D eigenvalue weighted by Gasteiger charge is 2.17. The normalized spacial score (nSPS) is 10.6. The number of hydrogen-bond donors (Lipinski definition) is 1. The van der Waals surface area contributed by atoms with Gasteiger partial charge in [0.2, 0.25) is 0 Å². The minimum absolute atomic E-state index is 0.896. The molecule has 0 heterocycles. The molecule has 0 saturated heterocycles. The molecule has 4 nitrogen and oxygen atoms in total. The van der Waals surface area contributed by atoms with E-state index < -0.39 is 12.1 Å². The maximum absolute atomic E-state index is 10.3. The molecule has 1 atom stereocenters. The number of ether oxygens (including phenoxy) is 1. The Labute approximate surface area is 52.4 Å². The fraction of sp³-hybridized carbons (Fsp3) is 0.200. The lowest BCUT2D eigenvalue weighted by molar-refractivity contribution is -0.137. The van der Waals surface area contributed by atoms with Gasteiger partial charge in [-0.1, -0.05) is 6.42 Å². The minimum Gasteiger partial charge on any atom is -0.366 e.